The summed E-state index contributed by atoms with van der Waals surface area (Å²) in [7, 11) is 0. The smallest absolute Gasteiger partial charge is 0.194 e. The molecule has 3 heterocycles. The zero-order valence-electron chi connectivity index (χ0n) is 16.1. The number of guanidine groups is 1. The molecule has 0 bridgehead atoms. The highest BCUT2D eigenvalue weighted by atomic mass is 127. The molecule has 0 radical (unpaired) electrons. The lowest BCUT2D eigenvalue weighted by Crippen LogP contribution is -2.47. The van der Waals surface area contributed by atoms with Crippen molar-refractivity contribution < 1.29 is 4.74 Å². The molecular weight excluding hydrogens is 443 g/mol. The number of hydrogen-bond acceptors (Lipinski definition) is 4. The zero-order chi connectivity index (χ0) is 17.5. The molecule has 3 rings (SSSR count). The van der Waals surface area contributed by atoms with Gasteiger partial charge in [-0.05, 0) is 31.6 Å². The summed E-state index contributed by atoms with van der Waals surface area (Å²) in [5.41, 5.74) is 0. The number of aliphatic imine (C=N–C) groups is 1. The lowest BCUT2D eigenvalue weighted by atomic mass is 10.0. The molecule has 2 atom stereocenters. The number of likely N-dealkylation sites (tertiary alicyclic amines) is 1. The molecule has 2 aliphatic heterocycles. The summed E-state index contributed by atoms with van der Waals surface area (Å²) in [6, 6.07) is 0. The quantitative estimate of drug-likeness (QED) is 0.388. The van der Waals surface area contributed by atoms with Crippen molar-refractivity contribution in [3.63, 3.8) is 0 Å². The van der Waals surface area contributed by atoms with E-state index in [-0.39, 0.29) is 24.0 Å². The molecule has 1 aromatic heterocycles. The Bertz CT molecular complexity index is 558. The predicted molar refractivity (Wildman–Crippen MR) is 114 cm³/mol. The van der Waals surface area contributed by atoms with E-state index in [4.69, 9.17) is 9.73 Å². The first-order valence-electron chi connectivity index (χ1n) is 9.77. The van der Waals surface area contributed by atoms with Gasteiger partial charge in [-0.1, -0.05) is 13.8 Å². The predicted octanol–water partition coefficient (Wildman–Crippen LogP) is 2.31. The van der Waals surface area contributed by atoms with Gasteiger partial charge in [-0.15, -0.1) is 34.2 Å². The SMILES string of the molecule is CCc1nncn1CCNC(=NCC1CCCO1)N1CCCC(C)C1.I. The summed E-state index contributed by atoms with van der Waals surface area (Å²) in [6.45, 7) is 9.96. The van der Waals surface area contributed by atoms with Crippen molar-refractivity contribution in [2.45, 2.75) is 58.6 Å². The number of rotatable bonds is 6. The van der Waals surface area contributed by atoms with Gasteiger partial charge in [0.1, 0.15) is 12.2 Å². The first-order valence-corrected chi connectivity index (χ1v) is 9.77. The van der Waals surface area contributed by atoms with Crippen LogP contribution in [0.1, 0.15) is 45.4 Å². The monoisotopic (exact) mass is 476 g/mol. The Morgan fingerprint density at radius 2 is 2.27 bits per heavy atom. The lowest BCUT2D eigenvalue weighted by Gasteiger charge is -2.34. The third kappa shape index (κ3) is 6.07. The van der Waals surface area contributed by atoms with Crippen LogP contribution in [-0.2, 0) is 17.7 Å². The molecule has 0 amide bonds. The molecule has 2 aliphatic rings. The molecule has 148 valence electrons. The minimum atomic E-state index is 0. The number of nitrogens with one attached hydrogen (secondary N) is 1. The van der Waals surface area contributed by atoms with E-state index in [0.717, 1.165) is 76.3 Å². The maximum atomic E-state index is 5.73. The first-order chi connectivity index (χ1) is 12.3. The third-order valence-electron chi connectivity index (χ3n) is 5.07. The van der Waals surface area contributed by atoms with E-state index >= 15 is 0 Å². The summed E-state index contributed by atoms with van der Waals surface area (Å²) < 4.78 is 7.85. The number of aryl methyl sites for hydroxylation is 1. The number of ether oxygens (including phenoxy) is 1. The molecular formula is C18H33IN6O. The summed E-state index contributed by atoms with van der Waals surface area (Å²) in [6.07, 6.45) is 7.87. The van der Waals surface area contributed by atoms with E-state index < -0.39 is 0 Å². The van der Waals surface area contributed by atoms with Crippen molar-refractivity contribution in [3.8, 4) is 0 Å². The van der Waals surface area contributed by atoms with E-state index in [1.807, 2.05) is 6.33 Å². The highest BCUT2D eigenvalue weighted by Gasteiger charge is 2.21. The zero-order valence-corrected chi connectivity index (χ0v) is 18.4. The molecule has 0 spiro atoms. The number of hydrogen-bond donors (Lipinski definition) is 1. The van der Waals surface area contributed by atoms with Gasteiger partial charge in [-0.25, -0.2) is 0 Å². The minimum Gasteiger partial charge on any atom is -0.376 e. The van der Waals surface area contributed by atoms with Gasteiger partial charge in [-0.3, -0.25) is 4.99 Å². The van der Waals surface area contributed by atoms with Gasteiger partial charge < -0.3 is 19.5 Å². The molecule has 8 heteroatoms. The highest BCUT2D eigenvalue weighted by molar-refractivity contribution is 14.0. The topological polar surface area (TPSA) is 67.6 Å². The molecule has 2 unspecified atom stereocenters. The van der Waals surface area contributed by atoms with Crippen molar-refractivity contribution in [3.05, 3.63) is 12.2 Å². The van der Waals surface area contributed by atoms with Crippen LogP contribution >= 0.6 is 24.0 Å². The van der Waals surface area contributed by atoms with Crippen molar-refractivity contribution in [1.29, 1.82) is 0 Å². The van der Waals surface area contributed by atoms with Crippen LogP contribution in [0.15, 0.2) is 11.3 Å². The third-order valence-corrected chi connectivity index (χ3v) is 5.07. The van der Waals surface area contributed by atoms with Crippen LogP contribution in [0.4, 0.5) is 0 Å². The van der Waals surface area contributed by atoms with E-state index in [1.54, 1.807) is 0 Å². The van der Waals surface area contributed by atoms with Crippen LogP contribution in [0.5, 0.6) is 0 Å². The highest BCUT2D eigenvalue weighted by Crippen LogP contribution is 2.16. The second-order valence-electron chi connectivity index (χ2n) is 7.21. The van der Waals surface area contributed by atoms with E-state index in [0.29, 0.717) is 6.10 Å². The normalized spacial score (nSPS) is 23.8. The molecule has 7 nitrogen and oxygen atoms in total. The fraction of sp³-hybridized carbons (Fsp3) is 0.833. The summed E-state index contributed by atoms with van der Waals surface area (Å²) in [5.74, 6) is 2.80. The largest absolute Gasteiger partial charge is 0.376 e. The van der Waals surface area contributed by atoms with Crippen molar-refractivity contribution >= 4 is 29.9 Å². The van der Waals surface area contributed by atoms with E-state index in [2.05, 4.69) is 38.8 Å². The number of nitrogens with zero attached hydrogens (tertiary/aromatic N) is 5. The van der Waals surface area contributed by atoms with Gasteiger partial charge in [0.05, 0.1) is 12.6 Å². The van der Waals surface area contributed by atoms with Gasteiger partial charge >= 0.3 is 0 Å². The van der Waals surface area contributed by atoms with Crippen LogP contribution in [0.25, 0.3) is 0 Å². The standard InChI is InChI=1S/C18H32N6O.HI/c1-3-17-22-21-14-24(17)10-8-19-18(20-12-16-7-5-11-25-16)23-9-4-6-15(2)13-23;/h14-16H,3-13H2,1-2H3,(H,19,20);1H. The van der Waals surface area contributed by atoms with E-state index in [1.165, 1.54) is 12.8 Å². The molecule has 0 aliphatic carbocycles. The van der Waals surface area contributed by atoms with Crippen molar-refractivity contribution in [1.82, 2.24) is 25.0 Å². The Morgan fingerprint density at radius 1 is 1.38 bits per heavy atom. The molecule has 26 heavy (non-hydrogen) atoms. The Balaban J connectivity index is 0.00000243. The van der Waals surface area contributed by atoms with Crippen molar-refractivity contribution in [2.75, 3.05) is 32.8 Å². The van der Waals surface area contributed by atoms with Crippen LogP contribution in [0.2, 0.25) is 0 Å². The van der Waals surface area contributed by atoms with Crippen LogP contribution in [0, 0.1) is 5.92 Å². The van der Waals surface area contributed by atoms with Crippen LogP contribution in [0.3, 0.4) is 0 Å². The van der Waals surface area contributed by atoms with E-state index in [9.17, 15) is 0 Å². The maximum absolute atomic E-state index is 5.73. The van der Waals surface area contributed by atoms with Gasteiger partial charge in [0.25, 0.3) is 0 Å². The Labute approximate surface area is 174 Å². The fourth-order valence-corrected chi connectivity index (χ4v) is 3.65. The molecule has 1 aromatic rings. The molecule has 0 aromatic carbocycles. The van der Waals surface area contributed by atoms with Gasteiger partial charge in [0.15, 0.2) is 5.96 Å². The van der Waals surface area contributed by atoms with Crippen LogP contribution < -0.4 is 5.32 Å². The summed E-state index contributed by atoms with van der Waals surface area (Å²) in [5, 5.41) is 11.7. The summed E-state index contributed by atoms with van der Waals surface area (Å²) in [4.78, 5) is 7.30. The Kier molecular flexibility index (Phi) is 9.10. The lowest BCUT2D eigenvalue weighted by molar-refractivity contribution is 0.117. The average molecular weight is 476 g/mol. The van der Waals surface area contributed by atoms with Gasteiger partial charge in [0, 0.05) is 39.2 Å². The van der Waals surface area contributed by atoms with Crippen molar-refractivity contribution in [2.24, 2.45) is 10.9 Å². The van der Waals surface area contributed by atoms with Gasteiger partial charge in [0.2, 0.25) is 0 Å². The van der Waals surface area contributed by atoms with Gasteiger partial charge in [-0.2, -0.15) is 0 Å². The first kappa shape index (κ1) is 21.4. The second kappa shape index (κ2) is 11.1. The Morgan fingerprint density at radius 3 is 3.00 bits per heavy atom. The molecule has 0 saturated carbocycles. The minimum absolute atomic E-state index is 0. The average Bonchev–Trinajstić information content (AvgIpc) is 3.29. The molecule has 2 saturated heterocycles. The number of halogens is 1. The molecule has 2 fully saturated rings. The number of piperidine rings is 1. The fourth-order valence-electron chi connectivity index (χ4n) is 3.65. The number of aromatic nitrogens is 3. The maximum Gasteiger partial charge on any atom is 0.194 e. The van der Waals surface area contributed by atoms with Crippen LogP contribution in [-0.4, -0.2) is 64.5 Å². The Hall–Kier alpha value is -0.900. The summed E-state index contributed by atoms with van der Waals surface area (Å²) >= 11 is 0. The molecule has 1 N–H and O–H groups in total. The second-order valence-corrected chi connectivity index (χ2v) is 7.21.